The second kappa shape index (κ2) is 5.32. The third-order valence-electron chi connectivity index (χ3n) is 1.64. The molecule has 3 heteroatoms. The third kappa shape index (κ3) is 2.76. The van der Waals surface area contributed by atoms with Gasteiger partial charge in [0.25, 0.3) is 0 Å². The molecule has 0 radical (unpaired) electrons. The van der Waals surface area contributed by atoms with E-state index in [4.69, 9.17) is 9.47 Å². The predicted molar refractivity (Wildman–Crippen MR) is 48.8 cm³/mol. The van der Waals surface area contributed by atoms with Crippen molar-refractivity contribution in [2.75, 3.05) is 18.6 Å². The number of rotatable bonds is 4. The van der Waals surface area contributed by atoms with E-state index < -0.39 is 0 Å². The standard InChI is InChI=1S/C10H14IO2/c1-4-11-9-6-5-8(12-2)7-10(9)13-3/h5-7H,4H2,1-3H3/q-1. The van der Waals surface area contributed by atoms with Gasteiger partial charge in [0.05, 0.1) is 0 Å². The summed E-state index contributed by atoms with van der Waals surface area (Å²) < 4.78 is 13.0. The number of hydrogen-bond acceptors (Lipinski definition) is 2. The van der Waals surface area contributed by atoms with Crippen molar-refractivity contribution in [2.24, 2.45) is 0 Å². The summed E-state index contributed by atoms with van der Waals surface area (Å²) in [4.78, 5) is 0. The summed E-state index contributed by atoms with van der Waals surface area (Å²) in [7, 11) is 3.38. The van der Waals surface area contributed by atoms with Gasteiger partial charge in [-0.1, -0.05) is 0 Å². The van der Waals surface area contributed by atoms with Crippen LogP contribution in [0, 0.1) is 3.57 Å². The van der Waals surface area contributed by atoms with Crippen LogP contribution in [-0.4, -0.2) is 18.6 Å². The van der Waals surface area contributed by atoms with E-state index in [1.54, 1.807) is 14.2 Å². The Labute approximate surface area is 89.5 Å². The number of halogens is 1. The molecule has 0 saturated carbocycles. The first-order chi connectivity index (χ1) is 6.31. The monoisotopic (exact) mass is 293 g/mol. The number of hydrogen-bond donors (Lipinski definition) is 0. The second-order valence-corrected chi connectivity index (χ2v) is 5.85. The van der Waals surface area contributed by atoms with E-state index in [0.29, 0.717) is 0 Å². The van der Waals surface area contributed by atoms with Crippen LogP contribution >= 0.6 is 0 Å². The maximum atomic E-state index is 5.29. The molecular formula is C10H14IO2-. The fraction of sp³-hybridized carbons (Fsp3) is 0.400. The Morgan fingerprint density at radius 2 is 2.00 bits per heavy atom. The Bertz CT molecular complexity index is 274. The summed E-state index contributed by atoms with van der Waals surface area (Å²) >= 11 is 0.103. The van der Waals surface area contributed by atoms with Gasteiger partial charge in [-0.2, -0.15) is 0 Å². The first-order valence-corrected chi connectivity index (χ1v) is 6.73. The number of ether oxygens (including phenoxy) is 2. The van der Waals surface area contributed by atoms with Crippen molar-refractivity contribution in [3.8, 4) is 11.5 Å². The van der Waals surface area contributed by atoms with Gasteiger partial charge in [0.1, 0.15) is 0 Å². The SMILES string of the molecule is CC[I-]c1ccc(OC)cc1OC. The van der Waals surface area contributed by atoms with Crippen molar-refractivity contribution in [3.63, 3.8) is 0 Å². The molecule has 0 saturated heterocycles. The summed E-state index contributed by atoms with van der Waals surface area (Å²) in [6.45, 7) is 2.21. The molecule has 1 aromatic carbocycles. The molecule has 0 bridgehead atoms. The van der Waals surface area contributed by atoms with E-state index in [9.17, 15) is 0 Å². The van der Waals surface area contributed by atoms with Crippen LogP contribution in [0.5, 0.6) is 11.5 Å². The number of benzene rings is 1. The van der Waals surface area contributed by atoms with Gasteiger partial charge in [-0.05, 0) is 0 Å². The zero-order chi connectivity index (χ0) is 9.68. The van der Waals surface area contributed by atoms with E-state index in [0.717, 1.165) is 11.5 Å². The molecule has 0 heterocycles. The summed E-state index contributed by atoms with van der Waals surface area (Å²) in [5.41, 5.74) is 0. The fourth-order valence-electron chi connectivity index (χ4n) is 1.02. The van der Waals surface area contributed by atoms with E-state index in [-0.39, 0.29) is 21.2 Å². The zero-order valence-electron chi connectivity index (χ0n) is 8.13. The van der Waals surface area contributed by atoms with Crippen molar-refractivity contribution in [1.82, 2.24) is 0 Å². The van der Waals surface area contributed by atoms with Gasteiger partial charge < -0.3 is 0 Å². The van der Waals surface area contributed by atoms with Crippen LogP contribution in [0.25, 0.3) is 0 Å². The van der Waals surface area contributed by atoms with Gasteiger partial charge in [0, 0.05) is 0 Å². The number of alkyl halides is 1. The Morgan fingerprint density at radius 1 is 1.23 bits per heavy atom. The minimum atomic E-state index is 0.103. The van der Waals surface area contributed by atoms with E-state index >= 15 is 0 Å². The minimum absolute atomic E-state index is 0.103. The molecule has 0 fully saturated rings. The van der Waals surface area contributed by atoms with Crippen LogP contribution < -0.4 is 30.7 Å². The molecule has 74 valence electrons. The molecule has 0 spiro atoms. The zero-order valence-corrected chi connectivity index (χ0v) is 10.3. The molecule has 0 amide bonds. The fourth-order valence-corrected chi connectivity index (χ4v) is 3.03. The molecule has 1 rings (SSSR count). The molecule has 0 aromatic heterocycles. The normalized spacial score (nSPS) is 10.1. The van der Waals surface area contributed by atoms with Gasteiger partial charge in [0.15, 0.2) is 0 Å². The maximum absolute atomic E-state index is 5.29. The summed E-state index contributed by atoms with van der Waals surface area (Å²) in [6, 6.07) is 6.05. The Morgan fingerprint density at radius 3 is 2.54 bits per heavy atom. The molecule has 13 heavy (non-hydrogen) atoms. The predicted octanol–water partition coefficient (Wildman–Crippen LogP) is -1.02. The Hall–Kier alpha value is -0.450. The molecule has 0 aliphatic heterocycles. The van der Waals surface area contributed by atoms with Crippen LogP contribution in [0.15, 0.2) is 18.2 Å². The molecule has 2 nitrogen and oxygen atoms in total. The molecule has 0 aliphatic carbocycles. The first kappa shape index (κ1) is 10.6. The van der Waals surface area contributed by atoms with Crippen molar-refractivity contribution in [1.29, 1.82) is 0 Å². The van der Waals surface area contributed by atoms with Gasteiger partial charge in [-0.3, -0.25) is 0 Å². The average Bonchev–Trinajstić information content (AvgIpc) is 2.19. The molecular weight excluding hydrogens is 279 g/mol. The number of methoxy groups -OCH3 is 2. The van der Waals surface area contributed by atoms with E-state index in [2.05, 4.69) is 13.0 Å². The molecule has 0 atom stereocenters. The molecule has 0 unspecified atom stereocenters. The van der Waals surface area contributed by atoms with Crippen molar-refractivity contribution in [2.45, 2.75) is 6.92 Å². The molecule has 1 aromatic rings. The van der Waals surface area contributed by atoms with Crippen molar-refractivity contribution in [3.05, 3.63) is 21.8 Å². The first-order valence-electron chi connectivity index (χ1n) is 4.13. The summed E-state index contributed by atoms with van der Waals surface area (Å²) in [5.74, 6) is 1.83. The van der Waals surface area contributed by atoms with Gasteiger partial charge in [-0.15, -0.1) is 0 Å². The van der Waals surface area contributed by atoms with Gasteiger partial charge in [-0.25, -0.2) is 0 Å². The van der Waals surface area contributed by atoms with Crippen LogP contribution in [0.4, 0.5) is 0 Å². The molecule has 0 aliphatic rings. The van der Waals surface area contributed by atoms with Gasteiger partial charge >= 0.3 is 89.5 Å². The second-order valence-electron chi connectivity index (χ2n) is 2.40. The average molecular weight is 293 g/mol. The van der Waals surface area contributed by atoms with E-state index in [1.807, 2.05) is 12.1 Å². The van der Waals surface area contributed by atoms with Crippen LogP contribution in [-0.2, 0) is 0 Å². The summed E-state index contributed by atoms with van der Waals surface area (Å²) in [6.07, 6.45) is 0. The quantitative estimate of drug-likeness (QED) is 0.523. The van der Waals surface area contributed by atoms with Crippen LogP contribution in [0.3, 0.4) is 0 Å². The van der Waals surface area contributed by atoms with E-state index in [1.165, 1.54) is 8.00 Å². The summed E-state index contributed by atoms with van der Waals surface area (Å²) in [5, 5.41) is 0. The van der Waals surface area contributed by atoms with Crippen LogP contribution in [0.1, 0.15) is 6.92 Å². The van der Waals surface area contributed by atoms with Crippen molar-refractivity contribution >= 4 is 0 Å². The Kier molecular flexibility index (Phi) is 4.35. The molecule has 0 N–H and O–H groups in total. The third-order valence-corrected chi connectivity index (χ3v) is 4.11. The van der Waals surface area contributed by atoms with Crippen molar-refractivity contribution < 1.29 is 30.7 Å². The van der Waals surface area contributed by atoms with Gasteiger partial charge in [0.2, 0.25) is 0 Å². The topological polar surface area (TPSA) is 18.5 Å². The van der Waals surface area contributed by atoms with Crippen LogP contribution in [0.2, 0.25) is 0 Å². The Balaban J connectivity index is 2.93.